The first kappa shape index (κ1) is 17.5. The van der Waals surface area contributed by atoms with Crippen molar-refractivity contribution in [3.05, 3.63) is 35.9 Å². The number of nitrogens with zero attached hydrogens (tertiary/aromatic N) is 2. The first-order valence-electron chi connectivity index (χ1n) is 10.8. The van der Waals surface area contributed by atoms with Crippen molar-refractivity contribution in [2.45, 2.75) is 70.9 Å². The van der Waals surface area contributed by atoms with Crippen LogP contribution in [-0.4, -0.2) is 42.0 Å². The number of piperidine rings is 1. The highest BCUT2D eigenvalue weighted by Crippen LogP contribution is 2.46. The van der Waals surface area contributed by atoms with Gasteiger partial charge in [0.1, 0.15) is 0 Å². The molecule has 3 aliphatic rings. The van der Waals surface area contributed by atoms with Crippen LogP contribution in [0, 0.1) is 11.3 Å². The standard InChI is InChI=1S/C23H36N2/c1-20-23(14-17-25(20)19-22-10-6-3-7-11-22)12-15-24(16-13-23)18-21-8-4-2-5-9-21/h3,6-7,10-11,20-21H,2,4-5,8-9,12-19H2,1H3. The first-order chi connectivity index (χ1) is 12.3. The van der Waals surface area contributed by atoms with E-state index in [1.54, 1.807) is 0 Å². The maximum atomic E-state index is 2.80. The summed E-state index contributed by atoms with van der Waals surface area (Å²) >= 11 is 0. The molecule has 1 spiro atoms. The molecule has 25 heavy (non-hydrogen) atoms. The summed E-state index contributed by atoms with van der Waals surface area (Å²) < 4.78 is 0. The first-order valence-corrected chi connectivity index (χ1v) is 10.8. The number of likely N-dealkylation sites (tertiary alicyclic amines) is 2. The Balaban J connectivity index is 1.30. The molecule has 1 aromatic carbocycles. The predicted octanol–water partition coefficient (Wildman–Crippen LogP) is 4.94. The number of hydrogen-bond donors (Lipinski definition) is 0. The van der Waals surface area contributed by atoms with Gasteiger partial charge in [0.25, 0.3) is 0 Å². The molecule has 2 saturated heterocycles. The number of hydrogen-bond acceptors (Lipinski definition) is 2. The summed E-state index contributed by atoms with van der Waals surface area (Å²) in [4.78, 5) is 5.54. The van der Waals surface area contributed by atoms with Gasteiger partial charge in [-0.2, -0.15) is 0 Å². The van der Waals surface area contributed by atoms with Crippen LogP contribution in [0.2, 0.25) is 0 Å². The Hall–Kier alpha value is -0.860. The minimum absolute atomic E-state index is 0.595. The van der Waals surface area contributed by atoms with Crippen molar-refractivity contribution in [3.63, 3.8) is 0 Å². The molecule has 2 heterocycles. The van der Waals surface area contributed by atoms with E-state index in [0.29, 0.717) is 5.41 Å². The Morgan fingerprint density at radius 3 is 2.32 bits per heavy atom. The summed E-state index contributed by atoms with van der Waals surface area (Å²) in [5.74, 6) is 0.999. The average Bonchev–Trinajstić information content (AvgIpc) is 2.95. The molecular formula is C23H36N2. The number of benzene rings is 1. The van der Waals surface area contributed by atoms with E-state index in [1.807, 2.05) is 0 Å². The minimum atomic E-state index is 0.595. The van der Waals surface area contributed by atoms with E-state index in [2.05, 4.69) is 47.1 Å². The van der Waals surface area contributed by atoms with E-state index < -0.39 is 0 Å². The fourth-order valence-corrected chi connectivity index (χ4v) is 5.77. The van der Waals surface area contributed by atoms with Gasteiger partial charge >= 0.3 is 0 Å². The highest BCUT2D eigenvalue weighted by Gasteiger charge is 2.46. The Kier molecular flexibility index (Phi) is 5.47. The zero-order valence-electron chi connectivity index (χ0n) is 16.1. The van der Waals surface area contributed by atoms with Crippen molar-refractivity contribution >= 4 is 0 Å². The van der Waals surface area contributed by atoms with Crippen LogP contribution in [0.1, 0.15) is 63.9 Å². The quantitative estimate of drug-likeness (QED) is 0.766. The Labute approximate surface area is 154 Å². The molecule has 0 aromatic heterocycles. The molecule has 0 amide bonds. The molecule has 0 radical (unpaired) electrons. The lowest BCUT2D eigenvalue weighted by atomic mass is 9.72. The predicted molar refractivity (Wildman–Crippen MR) is 106 cm³/mol. The van der Waals surface area contributed by atoms with Crippen LogP contribution in [0.3, 0.4) is 0 Å². The molecule has 2 nitrogen and oxygen atoms in total. The van der Waals surface area contributed by atoms with E-state index in [1.165, 1.54) is 83.1 Å². The highest BCUT2D eigenvalue weighted by molar-refractivity contribution is 5.15. The van der Waals surface area contributed by atoms with Gasteiger partial charge < -0.3 is 4.90 Å². The summed E-state index contributed by atoms with van der Waals surface area (Å²) in [5.41, 5.74) is 2.07. The van der Waals surface area contributed by atoms with Gasteiger partial charge in [-0.1, -0.05) is 49.6 Å². The second kappa shape index (κ2) is 7.80. The molecule has 138 valence electrons. The molecular weight excluding hydrogens is 304 g/mol. The lowest BCUT2D eigenvalue weighted by molar-refractivity contribution is 0.0576. The molecule has 1 aliphatic carbocycles. The normalized spacial score (nSPS) is 28.6. The van der Waals surface area contributed by atoms with E-state index >= 15 is 0 Å². The SMILES string of the molecule is CC1N(Cc2ccccc2)CCC12CCN(CC1CCCCC1)CC2. The van der Waals surface area contributed by atoms with Crippen LogP contribution in [0.4, 0.5) is 0 Å². The van der Waals surface area contributed by atoms with Gasteiger partial charge in [-0.15, -0.1) is 0 Å². The lowest BCUT2D eigenvalue weighted by Crippen LogP contribution is -2.47. The molecule has 1 aromatic rings. The minimum Gasteiger partial charge on any atom is -0.303 e. The smallest absolute Gasteiger partial charge is 0.0236 e. The summed E-state index contributed by atoms with van der Waals surface area (Å²) in [6.45, 7) is 9.01. The molecule has 2 heteroatoms. The van der Waals surface area contributed by atoms with E-state index in [0.717, 1.165) is 18.5 Å². The fourth-order valence-electron chi connectivity index (χ4n) is 5.77. The third-order valence-electron chi connectivity index (χ3n) is 7.65. The fraction of sp³-hybridized carbons (Fsp3) is 0.739. The third-order valence-corrected chi connectivity index (χ3v) is 7.65. The average molecular weight is 341 g/mol. The molecule has 0 N–H and O–H groups in total. The van der Waals surface area contributed by atoms with Crippen molar-refractivity contribution in [2.24, 2.45) is 11.3 Å². The van der Waals surface area contributed by atoms with Gasteiger partial charge in [0.05, 0.1) is 0 Å². The zero-order chi connectivity index (χ0) is 17.1. The highest BCUT2D eigenvalue weighted by atomic mass is 15.2. The van der Waals surface area contributed by atoms with Gasteiger partial charge in [-0.25, -0.2) is 0 Å². The van der Waals surface area contributed by atoms with E-state index in [9.17, 15) is 0 Å². The summed E-state index contributed by atoms with van der Waals surface area (Å²) in [6.07, 6.45) is 11.7. The largest absolute Gasteiger partial charge is 0.303 e. The van der Waals surface area contributed by atoms with Crippen LogP contribution < -0.4 is 0 Å². The molecule has 1 unspecified atom stereocenters. The van der Waals surface area contributed by atoms with Crippen LogP contribution in [-0.2, 0) is 6.54 Å². The Morgan fingerprint density at radius 1 is 0.920 bits per heavy atom. The van der Waals surface area contributed by atoms with Gasteiger partial charge in [0, 0.05) is 19.1 Å². The Morgan fingerprint density at radius 2 is 1.60 bits per heavy atom. The lowest BCUT2D eigenvalue weighted by Gasteiger charge is -2.44. The van der Waals surface area contributed by atoms with Crippen molar-refractivity contribution in [2.75, 3.05) is 26.2 Å². The second-order valence-electron chi connectivity index (χ2n) is 9.05. The van der Waals surface area contributed by atoms with Gasteiger partial charge in [-0.3, -0.25) is 4.90 Å². The third kappa shape index (κ3) is 3.95. The molecule has 2 aliphatic heterocycles. The van der Waals surface area contributed by atoms with Crippen molar-refractivity contribution in [1.29, 1.82) is 0 Å². The monoisotopic (exact) mass is 340 g/mol. The Bertz CT molecular complexity index is 526. The maximum Gasteiger partial charge on any atom is 0.0236 e. The van der Waals surface area contributed by atoms with Crippen molar-refractivity contribution in [1.82, 2.24) is 9.80 Å². The van der Waals surface area contributed by atoms with Crippen molar-refractivity contribution in [3.8, 4) is 0 Å². The van der Waals surface area contributed by atoms with Crippen LogP contribution in [0.25, 0.3) is 0 Å². The molecule has 0 bridgehead atoms. The summed E-state index contributed by atoms with van der Waals surface area (Å²) in [5, 5.41) is 0. The molecule has 1 saturated carbocycles. The molecule has 1 atom stereocenters. The van der Waals surface area contributed by atoms with Crippen LogP contribution in [0.5, 0.6) is 0 Å². The topological polar surface area (TPSA) is 6.48 Å². The van der Waals surface area contributed by atoms with Crippen LogP contribution >= 0.6 is 0 Å². The van der Waals surface area contributed by atoms with E-state index in [-0.39, 0.29) is 0 Å². The summed E-state index contributed by atoms with van der Waals surface area (Å²) in [7, 11) is 0. The van der Waals surface area contributed by atoms with Gasteiger partial charge in [0.15, 0.2) is 0 Å². The van der Waals surface area contributed by atoms with E-state index in [4.69, 9.17) is 0 Å². The van der Waals surface area contributed by atoms with Crippen LogP contribution in [0.15, 0.2) is 30.3 Å². The number of rotatable bonds is 4. The zero-order valence-corrected chi connectivity index (χ0v) is 16.1. The second-order valence-corrected chi connectivity index (χ2v) is 9.05. The molecule has 4 rings (SSSR count). The van der Waals surface area contributed by atoms with Gasteiger partial charge in [0.2, 0.25) is 0 Å². The summed E-state index contributed by atoms with van der Waals surface area (Å²) in [6, 6.07) is 11.8. The van der Waals surface area contributed by atoms with Crippen molar-refractivity contribution < 1.29 is 0 Å². The van der Waals surface area contributed by atoms with Gasteiger partial charge in [-0.05, 0) is 75.6 Å². The maximum absolute atomic E-state index is 2.80. The molecule has 3 fully saturated rings.